The van der Waals surface area contributed by atoms with Crippen LogP contribution in [0.4, 0.5) is 10.1 Å². The number of benzene rings is 2. The minimum Gasteiger partial charge on any atom is -0.491 e. The minimum absolute atomic E-state index is 0.0946. The van der Waals surface area contributed by atoms with Gasteiger partial charge < -0.3 is 14.5 Å². The summed E-state index contributed by atoms with van der Waals surface area (Å²) in [5.41, 5.74) is 3.36. The molecule has 0 aliphatic carbocycles. The molecule has 176 valence electrons. The molecule has 0 radical (unpaired) electrons. The predicted octanol–water partition coefficient (Wildman–Crippen LogP) is 5.09. The van der Waals surface area contributed by atoms with E-state index < -0.39 is 11.7 Å². The Hall–Kier alpha value is -4.01. The van der Waals surface area contributed by atoms with E-state index >= 15 is 0 Å². The van der Waals surface area contributed by atoms with Gasteiger partial charge in [-0.3, -0.25) is 4.79 Å². The molecule has 2 heterocycles. The minimum atomic E-state index is -0.460. The monoisotopic (exact) mass is 463 g/mol. The summed E-state index contributed by atoms with van der Waals surface area (Å²) in [6, 6.07) is 11.8. The Morgan fingerprint density at radius 1 is 1.15 bits per heavy atom. The third kappa shape index (κ3) is 4.98. The molecular formula is C25H26FN5O3. The van der Waals surface area contributed by atoms with Crippen molar-refractivity contribution in [2.24, 2.45) is 0 Å². The number of rotatable bonds is 7. The number of oxazole rings is 1. The zero-order valence-electron chi connectivity index (χ0n) is 19.7. The number of hydrogen-bond donors (Lipinski definition) is 1. The second-order valence-electron chi connectivity index (χ2n) is 8.31. The molecule has 0 aliphatic heterocycles. The van der Waals surface area contributed by atoms with Crippen molar-refractivity contribution in [3.8, 4) is 17.2 Å². The number of anilines is 1. The van der Waals surface area contributed by atoms with Gasteiger partial charge in [-0.1, -0.05) is 11.3 Å². The van der Waals surface area contributed by atoms with Crippen LogP contribution in [-0.4, -0.2) is 32.0 Å². The number of halogens is 1. The molecule has 9 heteroatoms. The number of hydrogen-bond acceptors (Lipinski definition) is 6. The van der Waals surface area contributed by atoms with Crippen molar-refractivity contribution in [2.45, 2.75) is 47.3 Å². The number of aryl methyl sites for hydroxylation is 2. The molecule has 0 spiro atoms. The van der Waals surface area contributed by atoms with Crippen LogP contribution < -0.4 is 10.1 Å². The smallest absolute Gasteiger partial charge is 0.278 e. The van der Waals surface area contributed by atoms with E-state index in [-0.39, 0.29) is 18.3 Å². The first-order chi connectivity index (χ1) is 16.2. The third-order valence-electron chi connectivity index (χ3n) is 5.31. The molecule has 2 aromatic carbocycles. The maximum atomic E-state index is 13.6. The van der Waals surface area contributed by atoms with E-state index in [1.54, 1.807) is 24.6 Å². The van der Waals surface area contributed by atoms with Gasteiger partial charge in [0.05, 0.1) is 18.3 Å². The molecule has 1 N–H and O–H groups in total. The summed E-state index contributed by atoms with van der Waals surface area (Å²) >= 11 is 0. The second-order valence-corrected chi connectivity index (χ2v) is 8.31. The fourth-order valence-electron chi connectivity index (χ4n) is 3.42. The summed E-state index contributed by atoms with van der Waals surface area (Å²) in [4.78, 5) is 17.3. The fraction of sp³-hybridized carbons (Fsp3) is 0.280. The molecule has 2 aromatic heterocycles. The highest BCUT2D eigenvalue weighted by atomic mass is 19.1. The largest absolute Gasteiger partial charge is 0.491 e. The Morgan fingerprint density at radius 3 is 2.59 bits per heavy atom. The van der Waals surface area contributed by atoms with Crippen molar-refractivity contribution in [2.75, 3.05) is 5.32 Å². The van der Waals surface area contributed by atoms with Gasteiger partial charge >= 0.3 is 0 Å². The molecule has 0 bridgehead atoms. The van der Waals surface area contributed by atoms with Crippen molar-refractivity contribution in [1.82, 2.24) is 20.0 Å². The van der Waals surface area contributed by atoms with Crippen molar-refractivity contribution in [3.05, 3.63) is 76.7 Å². The van der Waals surface area contributed by atoms with E-state index in [4.69, 9.17) is 9.15 Å². The lowest BCUT2D eigenvalue weighted by atomic mass is 10.2. The zero-order valence-corrected chi connectivity index (χ0v) is 19.7. The van der Waals surface area contributed by atoms with Crippen LogP contribution >= 0.6 is 0 Å². The lowest BCUT2D eigenvalue weighted by Crippen LogP contribution is -2.15. The summed E-state index contributed by atoms with van der Waals surface area (Å²) in [6.45, 7) is 9.60. The van der Waals surface area contributed by atoms with Crippen LogP contribution in [0.5, 0.6) is 5.75 Å². The highest BCUT2D eigenvalue weighted by Gasteiger charge is 2.20. The SMILES string of the molecule is Cc1ccc(F)cc1NC(=O)c1nnn(Cc2nc(-c3ccc(OC(C)C)cc3)oc2C)c1C. The number of amides is 1. The van der Waals surface area contributed by atoms with Gasteiger partial charge in [0, 0.05) is 11.3 Å². The second kappa shape index (κ2) is 9.46. The van der Waals surface area contributed by atoms with Crippen LogP contribution in [-0.2, 0) is 6.54 Å². The molecule has 4 rings (SSSR count). The Labute approximate surface area is 196 Å². The van der Waals surface area contributed by atoms with Crippen LogP contribution in [0.25, 0.3) is 11.5 Å². The van der Waals surface area contributed by atoms with Gasteiger partial charge in [0.2, 0.25) is 5.89 Å². The van der Waals surface area contributed by atoms with Crippen LogP contribution in [0.1, 0.15) is 47.0 Å². The summed E-state index contributed by atoms with van der Waals surface area (Å²) in [7, 11) is 0. The Kier molecular flexibility index (Phi) is 6.45. The first kappa shape index (κ1) is 23.2. The third-order valence-corrected chi connectivity index (χ3v) is 5.31. The Balaban J connectivity index is 1.50. The average molecular weight is 464 g/mol. The lowest BCUT2D eigenvalue weighted by molar-refractivity contribution is 0.102. The standard InChI is InChI=1S/C25H26FN5O3/c1-14(2)33-20-10-7-18(8-11-20)25-28-22(17(5)34-25)13-31-16(4)23(29-30-31)24(32)27-21-12-19(26)9-6-15(21)3/h6-12,14H,13H2,1-5H3,(H,27,32). The van der Waals surface area contributed by atoms with Crippen molar-refractivity contribution in [1.29, 1.82) is 0 Å². The van der Waals surface area contributed by atoms with Gasteiger partial charge in [0.1, 0.15) is 23.0 Å². The van der Waals surface area contributed by atoms with Crippen molar-refractivity contribution in [3.63, 3.8) is 0 Å². The summed E-state index contributed by atoms with van der Waals surface area (Å²) in [6.07, 6.45) is 0.0946. The van der Waals surface area contributed by atoms with E-state index in [0.29, 0.717) is 28.7 Å². The maximum Gasteiger partial charge on any atom is 0.278 e. The molecule has 0 fully saturated rings. The first-order valence-electron chi connectivity index (χ1n) is 10.9. The molecule has 1 amide bonds. The highest BCUT2D eigenvalue weighted by molar-refractivity contribution is 6.03. The van der Waals surface area contributed by atoms with E-state index in [1.165, 1.54) is 12.1 Å². The van der Waals surface area contributed by atoms with Gasteiger partial charge in [-0.15, -0.1) is 5.10 Å². The number of ether oxygens (including phenoxy) is 1. The van der Waals surface area contributed by atoms with Crippen LogP contribution in [0.3, 0.4) is 0 Å². The molecule has 0 aliphatic rings. The highest BCUT2D eigenvalue weighted by Crippen LogP contribution is 2.25. The van der Waals surface area contributed by atoms with Gasteiger partial charge in [0.25, 0.3) is 5.91 Å². The summed E-state index contributed by atoms with van der Waals surface area (Å²) in [5, 5.41) is 10.8. The predicted molar refractivity (Wildman–Crippen MR) is 125 cm³/mol. The number of carbonyl (C=O) groups is 1. The molecule has 0 saturated carbocycles. The number of aromatic nitrogens is 4. The molecule has 34 heavy (non-hydrogen) atoms. The van der Waals surface area contributed by atoms with Gasteiger partial charge in [-0.25, -0.2) is 14.1 Å². The van der Waals surface area contributed by atoms with E-state index in [9.17, 15) is 9.18 Å². The molecule has 4 aromatic rings. The lowest BCUT2D eigenvalue weighted by Gasteiger charge is -2.09. The van der Waals surface area contributed by atoms with E-state index in [2.05, 4.69) is 20.6 Å². The number of nitrogens with one attached hydrogen (secondary N) is 1. The summed E-state index contributed by atoms with van der Waals surface area (Å²) in [5.74, 6) is 1.02. The fourth-order valence-corrected chi connectivity index (χ4v) is 3.42. The molecule has 0 saturated heterocycles. The maximum absolute atomic E-state index is 13.6. The van der Waals surface area contributed by atoms with Crippen molar-refractivity contribution >= 4 is 11.6 Å². The van der Waals surface area contributed by atoms with Crippen LogP contribution in [0, 0.1) is 26.6 Å². The van der Waals surface area contributed by atoms with Gasteiger partial charge in [-0.2, -0.15) is 0 Å². The Bertz CT molecular complexity index is 1330. The molecular weight excluding hydrogens is 437 g/mol. The first-order valence-corrected chi connectivity index (χ1v) is 10.9. The van der Waals surface area contributed by atoms with Crippen molar-refractivity contribution < 1.29 is 18.3 Å². The van der Waals surface area contributed by atoms with Gasteiger partial charge in [-0.05, 0) is 76.6 Å². The quantitative estimate of drug-likeness (QED) is 0.410. The number of carbonyl (C=O) groups excluding carboxylic acids is 1. The molecule has 0 unspecified atom stereocenters. The topological polar surface area (TPSA) is 95.1 Å². The van der Waals surface area contributed by atoms with E-state index in [0.717, 1.165) is 16.9 Å². The molecule has 0 atom stereocenters. The molecule has 8 nitrogen and oxygen atoms in total. The van der Waals surface area contributed by atoms with Crippen LogP contribution in [0.15, 0.2) is 46.9 Å². The zero-order chi connectivity index (χ0) is 24.4. The number of nitrogens with zero attached hydrogens (tertiary/aromatic N) is 4. The average Bonchev–Trinajstić information content (AvgIpc) is 3.33. The normalized spacial score (nSPS) is 11.1. The van der Waals surface area contributed by atoms with E-state index in [1.807, 2.05) is 45.0 Å². The van der Waals surface area contributed by atoms with Crippen LogP contribution in [0.2, 0.25) is 0 Å². The summed E-state index contributed by atoms with van der Waals surface area (Å²) < 4.78 is 26.7. The Morgan fingerprint density at radius 2 is 1.88 bits per heavy atom. The van der Waals surface area contributed by atoms with Gasteiger partial charge in [0.15, 0.2) is 5.69 Å².